The Labute approximate surface area is 58.4 Å². The monoisotopic (exact) mass is 138 g/mol. The molecule has 0 aromatic rings. The van der Waals surface area contributed by atoms with E-state index < -0.39 is 0 Å². The number of hydrogen-bond donors (Lipinski definition) is 1. The number of hydrogen-bond acceptors (Lipinski definition) is 3. The highest BCUT2D eigenvalue weighted by molar-refractivity contribution is 8.02. The van der Waals surface area contributed by atoms with Crippen LogP contribution >= 0.6 is 11.8 Å². The maximum atomic E-state index is 3.85. The average Bonchev–Trinajstić information content (AvgIpc) is 2.33. The summed E-state index contributed by atoms with van der Waals surface area (Å²) in [6, 6.07) is 0. The van der Waals surface area contributed by atoms with Crippen molar-refractivity contribution in [1.82, 2.24) is 5.43 Å². The fourth-order valence-electron chi connectivity index (χ4n) is 0.886. The Kier molecular flexibility index (Phi) is 1.23. The smallest absolute Gasteiger partial charge is 0.118 e. The third kappa shape index (κ3) is 0.852. The summed E-state index contributed by atoms with van der Waals surface area (Å²) < 4.78 is 0. The zero-order valence-corrected chi connectivity index (χ0v) is 5.61. The van der Waals surface area contributed by atoms with Crippen LogP contribution in [0.15, 0.2) is 16.1 Å². The van der Waals surface area contributed by atoms with Gasteiger partial charge in [0.05, 0.1) is 6.21 Å². The van der Waals surface area contributed by atoms with Crippen LogP contribution in [0.3, 0.4) is 0 Å². The molecule has 0 amide bonds. The number of hydrazone groups is 1. The van der Waals surface area contributed by atoms with E-state index in [9.17, 15) is 0 Å². The van der Waals surface area contributed by atoms with Gasteiger partial charge in [0.15, 0.2) is 0 Å². The molecule has 9 heavy (non-hydrogen) atoms. The van der Waals surface area contributed by atoms with Crippen molar-refractivity contribution < 1.29 is 0 Å². The summed E-state index contributed by atoms with van der Waals surface area (Å²) in [5.74, 6) is 1.60. The van der Waals surface area contributed by atoms with E-state index in [1.807, 2.05) is 18.0 Å². The Morgan fingerprint density at radius 1 is 1.89 bits per heavy atom. The topological polar surface area (TPSA) is 24.4 Å². The minimum absolute atomic E-state index is 0.479. The van der Waals surface area contributed by atoms with Crippen molar-refractivity contribution in [3.8, 4) is 0 Å². The zero-order chi connectivity index (χ0) is 6.10. The van der Waals surface area contributed by atoms with Crippen molar-refractivity contribution in [1.29, 1.82) is 0 Å². The molecule has 0 saturated heterocycles. The fraction of sp³-hybridized carbons (Fsp3) is 0.333. The number of nitrogens with zero attached hydrogens (tertiary/aromatic N) is 1. The van der Waals surface area contributed by atoms with Gasteiger partial charge >= 0.3 is 0 Å². The second kappa shape index (κ2) is 2.06. The summed E-state index contributed by atoms with van der Waals surface area (Å²) in [4.78, 5) is 0. The minimum Gasteiger partial charge on any atom is -0.298 e. The van der Waals surface area contributed by atoms with E-state index in [1.54, 1.807) is 0 Å². The molecule has 2 rings (SSSR count). The van der Waals surface area contributed by atoms with Gasteiger partial charge in [0.1, 0.15) is 6.54 Å². The molecule has 46 valence electrons. The van der Waals surface area contributed by atoms with Gasteiger partial charge in [-0.25, -0.2) is 0 Å². The first-order valence-corrected chi connectivity index (χ1v) is 3.87. The van der Waals surface area contributed by atoms with Crippen LogP contribution in [0.5, 0.6) is 0 Å². The molecule has 0 aromatic carbocycles. The van der Waals surface area contributed by atoms with Crippen LogP contribution in [0, 0.1) is 12.5 Å². The summed E-state index contributed by atoms with van der Waals surface area (Å²) in [7, 11) is 0. The largest absolute Gasteiger partial charge is 0.298 e. The molecule has 0 fully saturated rings. The first-order chi connectivity index (χ1) is 4.47. The molecule has 2 aliphatic rings. The number of thioether (sulfide) groups is 1. The molecule has 2 heterocycles. The van der Waals surface area contributed by atoms with E-state index in [-0.39, 0.29) is 0 Å². The fourth-order valence-corrected chi connectivity index (χ4v) is 1.87. The zero-order valence-electron chi connectivity index (χ0n) is 4.79. The van der Waals surface area contributed by atoms with Gasteiger partial charge in [0.25, 0.3) is 0 Å². The number of fused-ring (bicyclic) bond motifs is 1. The minimum atomic E-state index is 0.479. The highest BCUT2D eigenvalue weighted by atomic mass is 32.2. The molecule has 2 nitrogen and oxygen atoms in total. The van der Waals surface area contributed by atoms with Crippen molar-refractivity contribution in [2.45, 2.75) is 0 Å². The maximum absolute atomic E-state index is 3.85. The molecule has 1 N–H and O–H groups in total. The number of rotatable bonds is 0. The molecule has 0 aromatic heterocycles. The van der Waals surface area contributed by atoms with Crippen LogP contribution in [0.25, 0.3) is 0 Å². The van der Waals surface area contributed by atoms with Crippen LogP contribution in [0.4, 0.5) is 0 Å². The van der Waals surface area contributed by atoms with Gasteiger partial charge in [-0.1, -0.05) is 0 Å². The van der Waals surface area contributed by atoms with E-state index in [2.05, 4.69) is 22.5 Å². The molecule has 1 unspecified atom stereocenters. The predicted octanol–water partition coefficient (Wildman–Crippen LogP) is 0.861. The van der Waals surface area contributed by atoms with Crippen LogP contribution in [0.2, 0.25) is 0 Å². The lowest BCUT2D eigenvalue weighted by molar-refractivity contribution is 0.699. The highest BCUT2D eigenvalue weighted by Gasteiger charge is 2.21. The third-order valence-corrected chi connectivity index (χ3v) is 2.37. The molecule has 2 aliphatic heterocycles. The van der Waals surface area contributed by atoms with Crippen LogP contribution in [-0.2, 0) is 0 Å². The third-order valence-electron chi connectivity index (χ3n) is 1.40. The molecule has 2 radical (unpaired) electrons. The molecule has 0 aliphatic carbocycles. The van der Waals surface area contributed by atoms with Crippen molar-refractivity contribution in [2.75, 3.05) is 5.75 Å². The molecule has 0 saturated carbocycles. The van der Waals surface area contributed by atoms with Crippen LogP contribution in [-0.4, -0.2) is 12.0 Å². The van der Waals surface area contributed by atoms with E-state index in [0.717, 1.165) is 5.75 Å². The van der Waals surface area contributed by atoms with Gasteiger partial charge in [-0.05, 0) is 11.0 Å². The Hall–Kier alpha value is -0.440. The van der Waals surface area contributed by atoms with Gasteiger partial charge in [0.2, 0.25) is 0 Å². The van der Waals surface area contributed by atoms with Crippen molar-refractivity contribution >= 4 is 18.0 Å². The van der Waals surface area contributed by atoms with E-state index >= 15 is 0 Å². The summed E-state index contributed by atoms with van der Waals surface area (Å²) in [6.07, 6.45) is 1.86. The molecule has 1 atom stereocenters. The summed E-state index contributed by atoms with van der Waals surface area (Å²) in [5, 5.41) is 5.99. The summed E-state index contributed by atoms with van der Waals surface area (Å²) in [6.45, 7) is 3.04. The molecule has 3 heteroatoms. The average molecular weight is 138 g/mol. The van der Waals surface area contributed by atoms with Crippen molar-refractivity contribution in [3.63, 3.8) is 0 Å². The summed E-state index contributed by atoms with van der Waals surface area (Å²) in [5.41, 5.74) is 4.01. The van der Waals surface area contributed by atoms with E-state index in [0.29, 0.717) is 5.92 Å². The van der Waals surface area contributed by atoms with Crippen molar-refractivity contribution in [3.05, 3.63) is 17.5 Å². The number of nitrogens with one attached hydrogen (secondary N) is 1. The van der Waals surface area contributed by atoms with Gasteiger partial charge < -0.3 is 0 Å². The highest BCUT2D eigenvalue weighted by Crippen LogP contribution is 2.29. The molecule has 0 spiro atoms. The quantitative estimate of drug-likeness (QED) is 0.537. The van der Waals surface area contributed by atoms with Crippen LogP contribution < -0.4 is 5.43 Å². The Balaban J connectivity index is 2.24. The normalized spacial score (nSPS) is 31.1. The maximum Gasteiger partial charge on any atom is 0.118 e. The lowest BCUT2D eigenvalue weighted by Gasteiger charge is -2.12. The molecular formula is C6H6N2S. The van der Waals surface area contributed by atoms with E-state index in [1.165, 1.54) is 5.57 Å². The standard InChI is InChI=1S/C6H6N2S/c1-5-3-9-4-6(5)2-8-7-1/h1,3,6,8H,4H2. The summed E-state index contributed by atoms with van der Waals surface area (Å²) >= 11 is 1.82. The molecular weight excluding hydrogens is 132 g/mol. The lowest BCUT2D eigenvalue weighted by atomic mass is 10.0. The Morgan fingerprint density at radius 3 is 3.78 bits per heavy atom. The molecule has 0 bridgehead atoms. The SMILES string of the molecule is [C]1NN=CC2=CSCC12. The van der Waals surface area contributed by atoms with Gasteiger partial charge in [0, 0.05) is 11.7 Å². The first-order valence-electron chi connectivity index (χ1n) is 2.82. The first kappa shape index (κ1) is 5.35. The van der Waals surface area contributed by atoms with E-state index in [4.69, 9.17) is 0 Å². The second-order valence-corrected chi connectivity index (χ2v) is 2.92. The lowest BCUT2D eigenvalue weighted by Crippen LogP contribution is -2.19. The Morgan fingerprint density at radius 2 is 2.89 bits per heavy atom. The van der Waals surface area contributed by atoms with Gasteiger partial charge in [-0.2, -0.15) is 5.10 Å². The van der Waals surface area contributed by atoms with Crippen LogP contribution in [0.1, 0.15) is 0 Å². The Bertz CT molecular complexity index is 174. The predicted molar refractivity (Wildman–Crippen MR) is 38.9 cm³/mol. The van der Waals surface area contributed by atoms with Gasteiger partial charge in [-0.3, -0.25) is 5.43 Å². The second-order valence-electron chi connectivity index (χ2n) is 2.02. The van der Waals surface area contributed by atoms with Crippen molar-refractivity contribution in [2.24, 2.45) is 11.0 Å². The van der Waals surface area contributed by atoms with Gasteiger partial charge in [-0.15, -0.1) is 11.8 Å².